The number of hydrogen-bond donors (Lipinski definition) is 3. The number of amides is 3. The summed E-state index contributed by atoms with van der Waals surface area (Å²) in [6.07, 6.45) is 0. The van der Waals surface area contributed by atoms with E-state index in [1.165, 1.54) is 11.8 Å². The molecule has 0 fully saturated rings. The lowest BCUT2D eigenvalue weighted by molar-refractivity contribution is -0.113. The molecule has 0 aromatic heterocycles. The standard InChI is InChI=1S/C16H12ClN3O3S/c17-11-4-1-9(2-5-11)15(22)19-20-16(23)10-3-6-13-12(7-10)18-14(21)8-24-13/h1-7H,8H2,(H,18,21)(H,19,22)(H,20,23). The number of carbonyl (C=O) groups excluding carboxylic acids is 3. The summed E-state index contributed by atoms with van der Waals surface area (Å²) in [5.41, 5.74) is 5.96. The molecule has 3 N–H and O–H groups in total. The van der Waals surface area contributed by atoms with Crippen LogP contribution < -0.4 is 16.2 Å². The number of carbonyl (C=O) groups is 3. The molecule has 122 valence electrons. The van der Waals surface area contributed by atoms with E-state index in [1.807, 2.05) is 0 Å². The topological polar surface area (TPSA) is 87.3 Å². The van der Waals surface area contributed by atoms with E-state index in [1.54, 1.807) is 42.5 Å². The number of fused-ring (bicyclic) bond motifs is 1. The van der Waals surface area contributed by atoms with Gasteiger partial charge in [0.1, 0.15) is 0 Å². The maximum atomic E-state index is 12.1. The molecule has 1 heterocycles. The maximum absolute atomic E-state index is 12.1. The molecule has 0 aliphatic carbocycles. The highest BCUT2D eigenvalue weighted by Gasteiger charge is 2.17. The van der Waals surface area contributed by atoms with Crippen molar-refractivity contribution in [2.75, 3.05) is 11.1 Å². The number of hydrogen-bond acceptors (Lipinski definition) is 4. The highest BCUT2D eigenvalue weighted by Crippen LogP contribution is 2.31. The largest absolute Gasteiger partial charge is 0.324 e. The van der Waals surface area contributed by atoms with E-state index in [2.05, 4.69) is 16.2 Å². The fraction of sp³-hybridized carbons (Fsp3) is 0.0625. The molecule has 0 saturated carbocycles. The summed E-state index contributed by atoms with van der Waals surface area (Å²) in [6.45, 7) is 0. The Kier molecular flexibility index (Phi) is 4.73. The molecule has 0 unspecified atom stereocenters. The highest BCUT2D eigenvalue weighted by atomic mass is 35.5. The lowest BCUT2D eigenvalue weighted by atomic mass is 10.2. The maximum Gasteiger partial charge on any atom is 0.269 e. The molecular formula is C16H12ClN3O3S. The molecule has 6 nitrogen and oxygen atoms in total. The van der Waals surface area contributed by atoms with Crippen molar-refractivity contribution in [3.63, 3.8) is 0 Å². The summed E-state index contributed by atoms with van der Waals surface area (Å²) in [5.74, 6) is -0.691. The van der Waals surface area contributed by atoms with E-state index in [9.17, 15) is 14.4 Å². The third-order valence-corrected chi connectivity index (χ3v) is 4.60. The van der Waals surface area contributed by atoms with E-state index in [0.717, 1.165) is 4.90 Å². The van der Waals surface area contributed by atoms with Crippen LogP contribution in [0.5, 0.6) is 0 Å². The number of halogens is 1. The lowest BCUT2D eigenvalue weighted by Crippen LogP contribution is -2.41. The molecule has 24 heavy (non-hydrogen) atoms. The first-order valence-electron chi connectivity index (χ1n) is 6.96. The zero-order valence-electron chi connectivity index (χ0n) is 12.3. The number of nitrogens with one attached hydrogen (secondary N) is 3. The number of benzene rings is 2. The fourth-order valence-corrected chi connectivity index (χ4v) is 3.00. The Morgan fingerprint density at radius 3 is 2.33 bits per heavy atom. The van der Waals surface area contributed by atoms with Crippen LogP contribution in [-0.2, 0) is 4.79 Å². The summed E-state index contributed by atoms with van der Waals surface area (Å²) in [4.78, 5) is 36.4. The molecule has 0 bridgehead atoms. The second-order valence-corrected chi connectivity index (χ2v) is 6.42. The van der Waals surface area contributed by atoms with E-state index < -0.39 is 11.8 Å². The molecule has 3 amide bonds. The van der Waals surface area contributed by atoms with Gasteiger partial charge >= 0.3 is 0 Å². The first kappa shape index (κ1) is 16.4. The molecule has 0 saturated heterocycles. The van der Waals surface area contributed by atoms with Gasteiger partial charge in [0.05, 0.1) is 11.4 Å². The zero-order valence-corrected chi connectivity index (χ0v) is 13.8. The monoisotopic (exact) mass is 361 g/mol. The highest BCUT2D eigenvalue weighted by molar-refractivity contribution is 8.00. The van der Waals surface area contributed by atoms with Crippen LogP contribution in [-0.4, -0.2) is 23.5 Å². The van der Waals surface area contributed by atoms with Crippen molar-refractivity contribution >= 4 is 46.8 Å². The van der Waals surface area contributed by atoms with Gasteiger partial charge in [-0.3, -0.25) is 25.2 Å². The summed E-state index contributed by atoms with van der Waals surface area (Å²) >= 11 is 7.17. The SMILES string of the molecule is O=C1CSc2ccc(C(=O)NNC(=O)c3ccc(Cl)cc3)cc2N1. The predicted octanol–water partition coefficient (Wildman–Crippen LogP) is 2.46. The molecule has 1 aliphatic heterocycles. The van der Waals surface area contributed by atoms with Gasteiger partial charge in [-0.05, 0) is 42.5 Å². The van der Waals surface area contributed by atoms with Crippen molar-refractivity contribution in [3.05, 3.63) is 58.6 Å². The number of rotatable bonds is 2. The molecule has 2 aromatic carbocycles. The Morgan fingerprint density at radius 1 is 1.00 bits per heavy atom. The quantitative estimate of drug-likeness (QED) is 0.717. The second-order valence-electron chi connectivity index (χ2n) is 4.96. The third-order valence-electron chi connectivity index (χ3n) is 3.27. The zero-order chi connectivity index (χ0) is 17.1. The van der Waals surface area contributed by atoms with Crippen LogP contribution in [0.4, 0.5) is 5.69 Å². The number of anilines is 1. The first-order chi connectivity index (χ1) is 11.5. The molecular weight excluding hydrogens is 350 g/mol. The van der Waals surface area contributed by atoms with E-state index >= 15 is 0 Å². The normalized spacial score (nSPS) is 12.8. The van der Waals surface area contributed by atoms with Crippen LogP contribution in [0.3, 0.4) is 0 Å². The second kappa shape index (κ2) is 6.94. The third kappa shape index (κ3) is 3.69. The summed E-state index contributed by atoms with van der Waals surface area (Å²) in [7, 11) is 0. The predicted molar refractivity (Wildman–Crippen MR) is 92.2 cm³/mol. The molecule has 0 atom stereocenters. The van der Waals surface area contributed by atoms with Gasteiger partial charge in [-0.1, -0.05) is 11.6 Å². The van der Waals surface area contributed by atoms with Gasteiger partial charge in [0.25, 0.3) is 11.8 Å². The van der Waals surface area contributed by atoms with E-state index in [-0.39, 0.29) is 5.91 Å². The molecule has 0 radical (unpaired) electrons. The van der Waals surface area contributed by atoms with E-state index in [0.29, 0.717) is 27.6 Å². The van der Waals surface area contributed by atoms with Crippen molar-refractivity contribution in [3.8, 4) is 0 Å². The minimum absolute atomic E-state index is 0.110. The fourth-order valence-electron chi connectivity index (χ4n) is 2.08. The average molecular weight is 362 g/mol. The van der Waals surface area contributed by atoms with Crippen LogP contribution in [0.2, 0.25) is 5.02 Å². The Labute approximate surface area is 146 Å². The van der Waals surface area contributed by atoms with Crippen LogP contribution >= 0.6 is 23.4 Å². The molecule has 2 aromatic rings. The van der Waals surface area contributed by atoms with Gasteiger partial charge in [0.15, 0.2) is 0 Å². The van der Waals surface area contributed by atoms with Gasteiger partial charge in [0, 0.05) is 21.0 Å². The summed E-state index contributed by atoms with van der Waals surface area (Å²) in [6, 6.07) is 11.2. The van der Waals surface area contributed by atoms with Crippen molar-refractivity contribution in [2.24, 2.45) is 0 Å². The number of hydrazine groups is 1. The molecule has 8 heteroatoms. The minimum atomic E-state index is -0.482. The van der Waals surface area contributed by atoms with Gasteiger partial charge in [0.2, 0.25) is 5.91 Å². The Hall–Kier alpha value is -2.51. The Bertz CT molecular complexity index is 824. The van der Waals surface area contributed by atoms with E-state index in [4.69, 9.17) is 11.6 Å². The molecule has 3 rings (SSSR count). The Morgan fingerprint density at radius 2 is 1.62 bits per heavy atom. The van der Waals surface area contributed by atoms with Gasteiger partial charge in [-0.2, -0.15) is 0 Å². The average Bonchev–Trinajstić information content (AvgIpc) is 2.59. The van der Waals surface area contributed by atoms with Gasteiger partial charge in [-0.25, -0.2) is 0 Å². The molecule has 1 aliphatic rings. The first-order valence-corrected chi connectivity index (χ1v) is 8.32. The minimum Gasteiger partial charge on any atom is -0.324 e. The van der Waals surface area contributed by atoms with Crippen molar-refractivity contribution in [1.29, 1.82) is 0 Å². The Balaban J connectivity index is 1.65. The van der Waals surface area contributed by atoms with Crippen LogP contribution in [0.1, 0.15) is 20.7 Å². The van der Waals surface area contributed by atoms with Crippen molar-refractivity contribution in [1.82, 2.24) is 10.9 Å². The smallest absolute Gasteiger partial charge is 0.269 e. The van der Waals surface area contributed by atoms with Crippen molar-refractivity contribution in [2.45, 2.75) is 4.90 Å². The summed E-state index contributed by atoms with van der Waals surface area (Å²) in [5, 5.41) is 3.23. The van der Waals surface area contributed by atoms with Crippen molar-refractivity contribution < 1.29 is 14.4 Å². The lowest BCUT2D eigenvalue weighted by Gasteiger charge is -2.17. The van der Waals surface area contributed by atoms with Crippen LogP contribution in [0.15, 0.2) is 47.4 Å². The molecule has 0 spiro atoms. The van der Waals surface area contributed by atoms with Gasteiger partial charge < -0.3 is 5.32 Å². The van der Waals surface area contributed by atoms with Gasteiger partial charge in [-0.15, -0.1) is 11.8 Å². The van der Waals surface area contributed by atoms with Crippen LogP contribution in [0, 0.1) is 0 Å². The summed E-state index contributed by atoms with van der Waals surface area (Å²) < 4.78 is 0. The number of thioether (sulfide) groups is 1. The van der Waals surface area contributed by atoms with Crippen LogP contribution in [0.25, 0.3) is 0 Å².